The van der Waals surface area contributed by atoms with Crippen LogP contribution < -0.4 is 0 Å². The van der Waals surface area contributed by atoms with E-state index in [1.807, 2.05) is 32.8 Å². The van der Waals surface area contributed by atoms with Crippen molar-refractivity contribution in [3.05, 3.63) is 29.0 Å². The molecule has 1 heterocycles. The molecule has 1 aromatic heterocycles. The van der Waals surface area contributed by atoms with E-state index in [9.17, 15) is 4.79 Å². The number of pyridine rings is 1. The molecule has 1 unspecified atom stereocenters. The van der Waals surface area contributed by atoms with Crippen LogP contribution in [0.15, 0.2) is 18.3 Å². The minimum absolute atomic E-state index is 0.0649. The second-order valence-corrected chi connectivity index (χ2v) is 4.90. The van der Waals surface area contributed by atoms with Crippen molar-refractivity contribution in [3.63, 3.8) is 0 Å². The van der Waals surface area contributed by atoms with Crippen LogP contribution in [0, 0.1) is 0 Å². The van der Waals surface area contributed by atoms with Gasteiger partial charge in [0.25, 0.3) is 5.91 Å². The molecule has 0 N–H and O–H groups in total. The van der Waals surface area contributed by atoms with Gasteiger partial charge in [0.05, 0.1) is 5.56 Å². The van der Waals surface area contributed by atoms with E-state index in [1.54, 1.807) is 18.3 Å². The van der Waals surface area contributed by atoms with Crippen molar-refractivity contribution < 1.29 is 4.79 Å². The van der Waals surface area contributed by atoms with Crippen LogP contribution in [0.3, 0.4) is 0 Å². The number of amides is 1. The second-order valence-electron chi connectivity index (χ2n) is 4.54. The summed E-state index contributed by atoms with van der Waals surface area (Å²) in [6, 6.07) is 3.57. The van der Waals surface area contributed by atoms with Crippen molar-refractivity contribution in [1.29, 1.82) is 0 Å². The molecular weight excluding hydrogens is 250 g/mol. The second kappa shape index (κ2) is 6.71. The Morgan fingerprint density at radius 1 is 1.50 bits per heavy atom. The molecule has 1 aromatic rings. The van der Waals surface area contributed by atoms with Crippen LogP contribution in [-0.2, 0) is 0 Å². The average Bonchev–Trinajstić information content (AvgIpc) is 2.29. The van der Waals surface area contributed by atoms with Gasteiger partial charge in [-0.05, 0) is 40.1 Å². The fourth-order valence-corrected chi connectivity index (χ4v) is 2.18. The number of aromatic nitrogens is 1. The molecule has 1 rings (SSSR count). The number of hydrogen-bond donors (Lipinski definition) is 0. The lowest BCUT2D eigenvalue weighted by Crippen LogP contribution is -2.43. The molecule has 0 aliphatic carbocycles. The SMILES string of the molecule is CCN(C(=O)c1cccnc1Cl)C(C)CN(C)C. The Labute approximate surface area is 114 Å². The number of carbonyl (C=O) groups excluding carboxylic acids is 1. The van der Waals surface area contributed by atoms with Gasteiger partial charge in [0, 0.05) is 25.3 Å². The molecule has 4 nitrogen and oxygen atoms in total. The van der Waals surface area contributed by atoms with Gasteiger partial charge in [-0.1, -0.05) is 11.6 Å². The normalized spacial score (nSPS) is 12.6. The van der Waals surface area contributed by atoms with Crippen LogP contribution in [0.5, 0.6) is 0 Å². The standard InChI is InChI=1S/C13H20ClN3O/c1-5-17(10(2)9-16(3)4)13(18)11-7-6-8-15-12(11)14/h6-8,10H,5,9H2,1-4H3. The third kappa shape index (κ3) is 3.68. The number of rotatable bonds is 5. The van der Waals surface area contributed by atoms with Crippen LogP contribution in [0.25, 0.3) is 0 Å². The summed E-state index contributed by atoms with van der Waals surface area (Å²) in [6.45, 7) is 5.47. The molecule has 100 valence electrons. The van der Waals surface area contributed by atoms with Gasteiger partial charge in [-0.15, -0.1) is 0 Å². The van der Waals surface area contributed by atoms with Gasteiger partial charge < -0.3 is 9.80 Å². The van der Waals surface area contributed by atoms with Gasteiger partial charge in [0.2, 0.25) is 0 Å². The number of halogens is 1. The van der Waals surface area contributed by atoms with Gasteiger partial charge in [-0.2, -0.15) is 0 Å². The first-order valence-corrected chi connectivity index (χ1v) is 6.41. The molecule has 0 saturated carbocycles. The monoisotopic (exact) mass is 269 g/mol. The fraction of sp³-hybridized carbons (Fsp3) is 0.538. The van der Waals surface area contributed by atoms with Crippen LogP contribution in [-0.4, -0.2) is 53.9 Å². The predicted molar refractivity (Wildman–Crippen MR) is 74.0 cm³/mol. The maximum Gasteiger partial charge on any atom is 0.257 e. The Hall–Kier alpha value is -1.13. The molecule has 18 heavy (non-hydrogen) atoms. The molecule has 5 heteroatoms. The van der Waals surface area contributed by atoms with Crippen molar-refractivity contribution in [1.82, 2.24) is 14.8 Å². The molecule has 0 bridgehead atoms. The third-order valence-electron chi connectivity index (χ3n) is 2.75. The summed E-state index contributed by atoms with van der Waals surface area (Å²) in [5.41, 5.74) is 0.464. The van der Waals surface area contributed by atoms with Crippen LogP contribution in [0.2, 0.25) is 5.15 Å². The molecule has 0 aromatic carbocycles. The molecule has 0 aliphatic heterocycles. The van der Waals surface area contributed by atoms with Crippen LogP contribution in [0.4, 0.5) is 0 Å². The van der Waals surface area contributed by atoms with Crippen molar-refractivity contribution in [2.75, 3.05) is 27.2 Å². The lowest BCUT2D eigenvalue weighted by atomic mass is 10.2. The van der Waals surface area contributed by atoms with E-state index in [0.29, 0.717) is 12.1 Å². The third-order valence-corrected chi connectivity index (χ3v) is 3.05. The lowest BCUT2D eigenvalue weighted by molar-refractivity contribution is 0.0679. The van der Waals surface area contributed by atoms with E-state index >= 15 is 0 Å². The van der Waals surface area contributed by atoms with E-state index < -0.39 is 0 Å². The summed E-state index contributed by atoms with van der Waals surface area (Å²) >= 11 is 5.96. The first kappa shape index (κ1) is 14.9. The highest BCUT2D eigenvalue weighted by atomic mass is 35.5. The number of nitrogens with zero attached hydrogens (tertiary/aromatic N) is 3. The molecule has 1 atom stereocenters. The van der Waals surface area contributed by atoms with Gasteiger partial charge in [0.15, 0.2) is 0 Å². The van der Waals surface area contributed by atoms with Crippen molar-refractivity contribution in [2.24, 2.45) is 0 Å². The Bertz CT molecular complexity index is 409. The van der Waals surface area contributed by atoms with Crippen LogP contribution >= 0.6 is 11.6 Å². The quantitative estimate of drug-likeness (QED) is 0.769. The Morgan fingerprint density at radius 2 is 2.17 bits per heavy atom. The number of carbonyl (C=O) groups is 1. The van der Waals surface area contributed by atoms with E-state index in [1.165, 1.54) is 0 Å². The van der Waals surface area contributed by atoms with Gasteiger partial charge in [0.1, 0.15) is 5.15 Å². The molecule has 1 amide bonds. The Kier molecular flexibility index (Phi) is 5.56. The van der Waals surface area contributed by atoms with Crippen molar-refractivity contribution in [2.45, 2.75) is 19.9 Å². The average molecular weight is 270 g/mol. The summed E-state index contributed by atoms with van der Waals surface area (Å²) in [6.07, 6.45) is 1.58. The van der Waals surface area contributed by atoms with Crippen molar-refractivity contribution in [3.8, 4) is 0 Å². The summed E-state index contributed by atoms with van der Waals surface area (Å²) in [7, 11) is 3.98. The molecule has 0 spiro atoms. The lowest BCUT2D eigenvalue weighted by Gasteiger charge is -2.30. The summed E-state index contributed by atoms with van der Waals surface area (Å²) < 4.78 is 0. The van der Waals surface area contributed by atoms with Gasteiger partial charge in [-0.3, -0.25) is 4.79 Å². The van der Waals surface area contributed by atoms with E-state index in [4.69, 9.17) is 11.6 Å². The maximum atomic E-state index is 12.4. The maximum absolute atomic E-state index is 12.4. The molecule has 0 fully saturated rings. The first-order chi connectivity index (χ1) is 8.47. The van der Waals surface area contributed by atoms with Crippen LogP contribution in [0.1, 0.15) is 24.2 Å². The Balaban J connectivity index is 2.89. The molecular formula is C13H20ClN3O. The summed E-state index contributed by atoms with van der Waals surface area (Å²) in [4.78, 5) is 20.2. The van der Waals surface area contributed by atoms with E-state index in [2.05, 4.69) is 9.88 Å². The van der Waals surface area contributed by atoms with E-state index in [0.717, 1.165) is 6.54 Å². The summed E-state index contributed by atoms with van der Waals surface area (Å²) in [5, 5.41) is 0.262. The highest BCUT2D eigenvalue weighted by Gasteiger charge is 2.22. The molecule has 0 saturated heterocycles. The zero-order valence-electron chi connectivity index (χ0n) is 11.4. The zero-order valence-corrected chi connectivity index (χ0v) is 12.1. The largest absolute Gasteiger partial charge is 0.335 e. The molecule has 0 aliphatic rings. The predicted octanol–water partition coefficient (Wildman–Crippen LogP) is 2.15. The summed E-state index contributed by atoms with van der Waals surface area (Å²) in [5.74, 6) is -0.0649. The van der Waals surface area contributed by atoms with Crippen molar-refractivity contribution >= 4 is 17.5 Å². The van der Waals surface area contributed by atoms with E-state index in [-0.39, 0.29) is 17.1 Å². The highest BCUT2D eigenvalue weighted by molar-refractivity contribution is 6.32. The molecule has 0 radical (unpaired) electrons. The number of hydrogen-bond acceptors (Lipinski definition) is 3. The van der Waals surface area contributed by atoms with Gasteiger partial charge >= 0.3 is 0 Å². The number of likely N-dealkylation sites (N-methyl/N-ethyl adjacent to an activating group) is 2. The first-order valence-electron chi connectivity index (χ1n) is 6.03. The fourth-order valence-electron chi connectivity index (χ4n) is 1.98. The smallest absolute Gasteiger partial charge is 0.257 e. The topological polar surface area (TPSA) is 36.4 Å². The zero-order chi connectivity index (χ0) is 13.7. The highest BCUT2D eigenvalue weighted by Crippen LogP contribution is 2.16. The minimum Gasteiger partial charge on any atom is -0.335 e. The van der Waals surface area contributed by atoms with Gasteiger partial charge in [-0.25, -0.2) is 4.98 Å². The minimum atomic E-state index is -0.0649. The Morgan fingerprint density at radius 3 is 2.67 bits per heavy atom.